The lowest BCUT2D eigenvalue weighted by Gasteiger charge is -2.48. The van der Waals surface area contributed by atoms with Crippen molar-refractivity contribution in [3.8, 4) is 16.9 Å². The SMILES string of the molecule is c1ccc2c(c1)-c1ccccc1C21c2ccc3c4ccccc4n4c3c2C2(c3c5ccccc5[n+]5c6cc7sc8ccccc8c7cc6c6ccc1n2c6c35)[n+]1ccccc1-4. The number of fused-ring (bicyclic) bond motifs is 21. The fourth-order valence-electron chi connectivity index (χ4n) is 13.4. The molecule has 278 valence electrons. The Hall–Kier alpha value is -7.60. The molecule has 5 heteroatoms. The molecule has 7 aromatic carbocycles. The average Bonchev–Trinajstić information content (AvgIpc) is 4.10. The highest BCUT2D eigenvalue weighted by molar-refractivity contribution is 7.25. The number of hydrogen-bond donors (Lipinski definition) is 0. The van der Waals surface area contributed by atoms with Gasteiger partial charge in [0.25, 0.3) is 11.5 Å². The Morgan fingerprint density at radius 3 is 2.03 bits per heavy atom. The van der Waals surface area contributed by atoms with Crippen LogP contribution in [0.25, 0.3) is 97.1 Å². The molecule has 0 saturated heterocycles. The number of para-hydroxylation sites is 2. The molecule has 1 unspecified atom stereocenters. The molecule has 0 radical (unpaired) electrons. The van der Waals surface area contributed by atoms with Gasteiger partial charge in [-0.3, -0.25) is 4.57 Å². The van der Waals surface area contributed by atoms with Crippen molar-refractivity contribution >= 4 is 91.5 Å². The number of benzene rings is 7. The summed E-state index contributed by atoms with van der Waals surface area (Å²) >= 11 is 1.90. The van der Waals surface area contributed by atoms with Crippen LogP contribution in [0.4, 0.5) is 0 Å². The van der Waals surface area contributed by atoms with Crippen LogP contribution in [0.5, 0.6) is 0 Å². The van der Waals surface area contributed by atoms with Crippen LogP contribution < -0.4 is 8.97 Å². The highest BCUT2D eigenvalue weighted by Crippen LogP contribution is 2.65. The molecule has 6 aromatic heterocycles. The minimum absolute atomic E-state index is 0.582. The second-order valence-electron chi connectivity index (χ2n) is 17.5. The number of thiophene rings is 1. The van der Waals surface area contributed by atoms with Crippen LogP contribution in [0.15, 0.2) is 182 Å². The van der Waals surface area contributed by atoms with Crippen molar-refractivity contribution in [3.63, 3.8) is 0 Å². The van der Waals surface area contributed by atoms with Gasteiger partial charge in [-0.2, -0.15) is 8.97 Å². The number of hydrogen-bond acceptors (Lipinski definition) is 1. The molecular formula is C56H30N4S+2. The summed E-state index contributed by atoms with van der Waals surface area (Å²) in [7, 11) is 0. The van der Waals surface area contributed by atoms with E-state index >= 15 is 0 Å². The van der Waals surface area contributed by atoms with Gasteiger partial charge in [0, 0.05) is 60.2 Å². The summed E-state index contributed by atoms with van der Waals surface area (Å²) in [6.07, 6.45) is 2.37. The van der Waals surface area contributed by atoms with Crippen molar-refractivity contribution in [2.45, 2.75) is 11.1 Å². The fourth-order valence-corrected chi connectivity index (χ4v) is 14.5. The van der Waals surface area contributed by atoms with Crippen LogP contribution in [0.2, 0.25) is 0 Å². The summed E-state index contributed by atoms with van der Waals surface area (Å²) < 4.78 is 13.4. The summed E-state index contributed by atoms with van der Waals surface area (Å²) in [5.74, 6) is 1.17. The van der Waals surface area contributed by atoms with Gasteiger partial charge >= 0.3 is 0 Å². The predicted molar refractivity (Wildman–Crippen MR) is 246 cm³/mol. The molecule has 4 aliphatic rings. The first-order valence-corrected chi connectivity index (χ1v) is 22.1. The van der Waals surface area contributed by atoms with E-state index in [1.54, 1.807) is 0 Å². The molecule has 9 heterocycles. The number of nitrogens with zero attached hydrogens (tertiary/aromatic N) is 4. The zero-order valence-corrected chi connectivity index (χ0v) is 33.3. The van der Waals surface area contributed by atoms with Crippen LogP contribution in [0, 0.1) is 0 Å². The van der Waals surface area contributed by atoms with Crippen LogP contribution in [0.1, 0.15) is 33.5 Å². The maximum atomic E-state index is 2.85. The van der Waals surface area contributed by atoms with Crippen LogP contribution >= 0.6 is 11.3 Å². The largest absolute Gasteiger partial charge is 0.289 e. The first-order chi connectivity index (χ1) is 30.3. The molecule has 13 aromatic rings. The van der Waals surface area contributed by atoms with E-state index in [-0.39, 0.29) is 0 Å². The Balaban J connectivity index is 1.22. The van der Waals surface area contributed by atoms with Gasteiger partial charge in [0.15, 0.2) is 5.52 Å². The minimum atomic E-state index is -0.749. The van der Waals surface area contributed by atoms with E-state index in [1.807, 2.05) is 11.3 Å². The van der Waals surface area contributed by atoms with Gasteiger partial charge in [-0.15, -0.1) is 11.3 Å². The van der Waals surface area contributed by atoms with Gasteiger partial charge in [0.1, 0.15) is 16.6 Å². The summed E-state index contributed by atoms with van der Waals surface area (Å²) in [5, 5.41) is 9.09. The minimum Gasteiger partial charge on any atom is -0.287 e. The van der Waals surface area contributed by atoms with Gasteiger partial charge in [0.05, 0.1) is 27.9 Å². The highest BCUT2D eigenvalue weighted by Gasteiger charge is 2.67. The first kappa shape index (κ1) is 30.4. The Bertz CT molecular complexity index is 4270. The Morgan fingerprint density at radius 2 is 1.16 bits per heavy atom. The van der Waals surface area contributed by atoms with Crippen molar-refractivity contribution in [2.24, 2.45) is 0 Å². The van der Waals surface area contributed by atoms with Crippen LogP contribution in [0.3, 0.4) is 0 Å². The third-order valence-electron chi connectivity index (χ3n) is 15.3. The van der Waals surface area contributed by atoms with Gasteiger partial charge in [-0.1, -0.05) is 103 Å². The van der Waals surface area contributed by atoms with Crippen LogP contribution in [-0.4, -0.2) is 9.13 Å². The summed E-state index contributed by atoms with van der Waals surface area (Å²) in [5.41, 5.74) is 17.0. The molecule has 4 nitrogen and oxygen atoms in total. The first-order valence-electron chi connectivity index (χ1n) is 21.3. The molecule has 1 aliphatic carbocycles. The van der Waals surface area contributed by atoms with E-state index in [4.69, 9.17) is 0 Å². The summed E-state index contributed by atoms with van der Waals surface area (Å²) in [4.78, 5) is 0. The monoisotopic (exact) mass is 790 g/mol. The third kappa shape index (κ3) is 2.95. The van der Waals surface area contributed by atoms with Gasteiger partial charge in [-0.05, 0) is 82.4 Å². The quantitative estimate of drug-likeness (QED) is 0.108. The third-order valence-corrected chi connectivity index (χ3v) is 16.4. The Labute approximate surface area is 351 Å². The molecule has 0 fully saturated rings. The van der Waals surface area contributed by atoms with Crippen molar-refractivity contribution in [1.82, 2.24) is 9.13 Å². The van der Waals surface area contributed by atoms with Gasteiger partial charge in [-0.25, -0.2) is 4.57 Å². The van der Waals surface area contributed by atoms with Crippen molar-refractivity contribution in [2.75, 3.05) is 0 Å². The van der Waals surface area contributed by atoms with E-state index in [0.717, 1.165) is 0 Å². The molecule has 0 saturated carbocycles. The van der Waals surface area contributed by atoms with E-state index in [9.17, 15) is 0 Å². The summed E-state index contributed by atoms with van der Waals surface area (Å²) in [6.45, 7) is 0. The maximum absolute atomic E-state index is 2.85. The van der Waals surface area contributed by atoms with Crippen molar-refractivity contribution < 1.29 is 8.97 Å². The topological polar surface area (TPSA) is 17.8 Å². The maximum Gasteiger partial charge on any atom is 0.289 e. The Morgan fingerprint density at radius 1 is 0.459 bits per heavy atom. The van der Waals surface area contributed by atoms with Gasteiger partial charge in [0.2, 0.25) is 16.6 Å². The summed E-state index contributed by atoms with van der Waals surface area (Å²) in [6, 6.07) is 67.4. The lowest BCUT2D eigenvalue weighted by Crippen LogP contribution is -2.68. The molecular weight excluding hydrogens is 761 g/mol. The van der Waals surface area contributed by atoms with Gasteiger partial charge < -0.3 is 0 Å². The number of pyridine rings is 3. The molecule has 0 bridgehead atoms. The Kier molecular flexibility index (Phi) is 4.85. The second kappa shape index (κ2) is 9.71. The van der Waals surface area contributed by atoms with E-state index in [1.165, 1.54) is 131 Å². The predicted octanol–water partition coefficient (Wildman–Crippen LogP) is 12.0. The number of rotatable bonds is 0. The van der Waals surface area contributed by atoms with E-state index in [0.29, 0.717) is 0 Å². The normalized spacial score (nSPS) is 17.0. The standard InChI is InChI=1S/C56H30N4S/c1-6-18-40-31(13-1)32-14-2-7-19-41(32)55(40)42-26-24-35-33-15-3-8-20-43(33)59-49-23-11-12-28-57(49)56(51(42)52(35)59)50-37-17-4-9-21-44(37)58-45-30-47-39(34-16-5-10-22-46(34)61-47)29-38(45)36-25-27-48(55)60(56)53(36)54(50)58/h1-30H/q+2. The van der Waals surface area contributed by atoms with Crippen molar-refractivity contribution in [1.29, 1.82) is 0 Å². The zero-order chi connectivity index (χ0) is 39.1. The lowest BCUT2D eigenvalue weighted by atomic mass is 9.63. The molecule has 0 amide bonds. The van der Waals surface area contributed by atoms with Crippen LogP contribution in [-0.2, 0) is 11.1 Å². The molecule has 3 aliphatic heterocycles. The van der Waals surface area contributed by atoms with E-state index < -0.39 is 11.1 Å². The van der Waals surface area contributed by atoms with E-state index in [2.05, 4.69) is 200 Å². The molecule has 2 spiro atoms. The fraction of sp³-hybridized carbons (Fsp3) is 0.0357. The zero-order valence-electron chi connectivity index (χ0n) is 32.5. The second-order valence-corrected chi connectivity index (χ2v) is 18.6. The molecule has 17 rings (SSSR count). The van der Waals surface area contributed by atoms with Crippen molar-refractivity contribution in [3.05, 3.63) is 216 Å². The lowest BCUT2D eigenvalue weighted by molar-refractivity contribution is -0.745. The number of aromatic nitrogens is 4. The molecule has 1 atom stereocenters. The molecule has 0 N–H and O–H groups in total. The molecule has 61 heavy (non-hydrogen) atoms. The highest BCUT2D eigenvalue weighted by atomic mass is 32.1. The average molecular weight is 791 g/mol. The smallest absolute Gasteiger partial charge is 0.287 e.